The van der Waals surface area contributed by atoms with Gasteiger partial charge in [-0.1, -0.05) is 49.4 Å². The van der Waals surface area contributed by atoms with Gasteiger partial charge >= 0.3 is 0 Å². The lowest BCUT2D eigenvalue weighted by Gasteiger charge is -2.17. The van der Waals surface area contributed by atoms with Gasteiger partial charge in [0.05, 0.1) is 0 Å². The molecule has 1 atom stereocenters. The highest BCUT2D eigenvalue weighted by Gasteiger charge is 2.20. The quantitative estimate of drug-likeness (QED) is 0.768. The number of nitrogens with one attached hydrogen (secondary N) is 2. The summed E-state index contributed by atoms with van der Waals surface area (Å²) in [5.74, 6) is -0.388. The van der Waals surface area contributed by atoms with Crippen molar-refractivity contribution in [1.82, 2.24) is 10.6 Å². The SMILES string of the molecule is CCC=CCC(=O)NC(C(=O)NC)c1ccccc1. The predicted octanol–water partition coefficient (Wildman–Crippen LogP) is 1.95. The van der Waals surface area contributed by atoms with Crippen molar-refractivity contribution in [3.63, 3.8) is 0 Å². The molecule has 102 valence electrons. The molecule has 0 bridgehead atoms. The minimum absolute atomic E-state index is 0.165. The van der Waals surface area contributed by atoms with Gasteiger partial charge in [0.1, 0.15) is 6.04 Å². The zero-order valence-electron chi connectivity index (χ0n) is 11.3. The molecule has 0 aliphatic rings. The second-order valence-electron chi connectivity index (χ2n) is 4.11. The van der Waals surface area contributed by atoms with Crippen LogP contribution >= 0.6 is 0 Å². The second kappa shape index (κ2) is 8.08. The van der Waals surface area contributed by atoms with Crippen LogP contribution in [0.1, 0.15) is 31.4 Å². The third-order valence-electron chi connectivity index (χ3n) is 2.65. The van der Waals surface area contributed by atoms with Crippen LogP contribution in [-0.4, -0.2) is 18.9 Å². The Labute approximate surface area is 113 Å². The van der Waals surface area contributed by atoms with Crippen LogP contribution in [0.3, 0.4) is 0 Å². The fraction of sp³-hybridized carbons (Fsp3) is 0.333. The summed E-state index contributed by atoms with van der Waals surface area (Å²) < 4.78 is 0. The van der Waals surface area contributed by atoms with Crippen molar-refractivity contribution < 1.29 is 9.59 Å². The average Bonchev–Trinajstić information content (AvgIpc) is 2.45. The highest BCUT2D eigenvalue weighted by molar-refractivity contribution is 5.88. The molecule has 4 heteroatoms. The van der Waals surface area contributed by atoms with E-state index in [0.717, 1.165) is 12.0 Å². The standard InChI is InChI=1S/C15H20N2O2/c1-3-4-6-11-13(18)17-14(15(19)16-2)12-9-7-5-8-10-12/h4-10,14H,3,11H2,1-2H3,(H,16,19)(H,17,18). The predicted molar refractivity (Wildman–Crippen MR) is 75.4 cm³/mol. The molecule has 0 aromatic heterocycles. The average molecular weight is 260 g/mol. The van der Waals surface area contributed by atoms with E-state index in [4.69, 9.17) is 0 Å². The van der Waals surface area contributed by atoms with Gasteiger partial charge in [0.2, 0.25) is 11.8 Å². The largest absolute Gasteiger partial charge is 0.357 e. The molecule has 2 N–H and O–H groups in total. The Morgan fingerprint density at radius 3 is 2.47 bits per heavy atom. The molecule has 2 amide bonds. The number of allylic oxidation sites excluding steroid dienone is 1. The van der Waals surface area contributed by atoms with Crippen molar-refractivity contribution in [2.24, 2.45) is 0 Å². The number of carbonyl (C=O) groups excluding carboxylic acids is 2. The minimum Gasteiger partial charge on any atom is -0.357 e. The number of hydrogen-bond acceptors (Lipinski definition) is 2. The van der Waals surface area contributed by atoms with Crippen LogP contribution in [0, 0.1) is 0 Å². The summed E-state index contributed by atoms with van der Waals surface area (Å²) >= 11 is 0. The molecule has 1 rings (SSSR count). The highest BCUT2D eigenvalue weighted by Crippen LogP contribution is 2.12. The van der Waals surface area contributed by atoms with Crippen molar-refractivity contribution in [3.8, 4) is 0 Å². The van der Waals surface area contributed by atoms with Crippen molar-refractivity contribution in [2.45, 2.75) is 25.8 Å². The molecular weight excluding hydrogens is 240 g/mol. The first kappa shape index (κ1) is 15.0. The molecule has 0 heterocycles. The Morgan fingerprint density at radius 2 is 1.89 bits per heavy atom. The molecule has 0 radical (unpaired) electrons. The number of likely N-dealkylation sites (N-methyl/N-ethyl adjacent to an activating group) is 1. The van der Waals surface area contributed by atoms with Gasteiger partial charge in [0, 0.05) is 13.5 Å². The Bertz CT molecular complexity index is 441. The number of benzene rings is 1. The molecular formula is C15H20N2O2. The lowest BCUT2D eigenvalue weighted by molar-refractivity contribution is -0.128. The summed E-state index contributed by atoms with van der Waals surface area (Å²) in [4.78, 5) is 23.6. The van der Waals surface area contributed by atoms with Gasteiger partial charge < -0.3 is 10.6 Å². The van der Waals surface area contributed by atoms with E-state index in [1.807, 2.05) is 43.3 Å². The van der Waals surface area contributed by atoms with E-state index in [-0.39, 0.29) is 18.2 Å². The Balaban J connectivity index is 2.74. The van der Waals surface area contributed by atoms with Crippen molar-refractivity contribution in [3.05, 3.63) is 48.0 Å². The molecule has 0 saturated heterocycles. The number of amides is 2. The van der Waals surface area contributed by atoms with Gasteiger partial charge in [-0.25, -0.2) is 0 Å². The fourth-order valence-electron chi connectivity index (χ4n) is 1.67. The molecule has 1 aromatic rings. The third kappa shape index (κ3) is 4.95. The zero-order chi connectivity index (χ0) is 14.1. The van der Waals surface area contributed by atoms with Crippen molar-refractivity contribution >= 4 is 11.8 Å². The molecule has 0 saturated carbocycles. The fourth-order valence-corrected chi connectivity index (χ4v) is 1.67. The lowest BCUT2D eigenvalue weighted by atomic mass is 10.1. The number of carbonyl (C=O) groups is 2. The molecule has 1 unspecified atom stereocenters. The van der Waals surface area contributed by atoms with Crippen LogP contribution in [0.15, 0.2) is 42.5 Å². The number of rotatable bonds is 6. The summed E-state index contributed by atoms with van der Waals surface area (Å²) in [5.41, 5.74) is 0.773. The van der Waals surface area contributed by atoms with E-state index in [1.165, 1.54) is 0 Å². The molecule has 4 nitrogen and oxygen atoms in total. The summed E-state index contributed by atoms with van der Waals surface area (Å²) in [7, 11) is 1.56. The van der Waals surface area contributed by atoms with E-state index in [1.54, 1.807) is 13.1 Å². The maximum atomic E-state index is 11.8. The first-order valence-electron chi connectivity index (χ1n) is 6.40. The maximum Gasteiger partial charge on any atom is 0.246 e. The van der Waals surface area contributed by atoms with Gasteiger partial charge in [0.25, 0.3) is 0 Å². The molecule has 0 spiro atoms. The summed E-state index contributed by atoms with van der Waals surface area (Å²) in [6.07, 6.45) is 4.91. The monoisotopic (exact) mass is 260 g/mol. The Hall–Kier alpha value is -2.10. The zero-order valence-corrected chi connectivity index (χ0v) is 11.3. The van der Waals surface area contributed by atoms with Crippen molar-refractivity contribution in [1.29, 1.82) is 0 Å². The van der Waals surface area contributed by atoms with Gasteiger partial charge in [0.15, 0.2) is 0 Å². The van der Waals surface area contributed by atoms with Gasteiger partial charge in [-0.3, -0.25) is 9.59 Å². The van der Waals surface area contributed by atoms with Crippen LogP contribution in [-0.2, 0) is 9.59 Å². The minimum atomic E-state index is -0.645. The van der Waals surface area contributed by atoms with Gasteiger partial charge in [-0.15, -0.1) is 0 Å². The molecule has 0 fully saturated rings. The van der Waals surface area contributed by atoms with E-state index < -0.39 is 6.04 Å². The first-order valence-corrected chi connectivity index (χ1v) is 6.40. The van der Waals surface area contributed by atoms with Gasteiger partial charge in [-0.2, -0.15) is 0 Å². The van der Waals surface area contributed by atoms with Crippen LogP contribution < -0.4 is 10.6 Å². The topological polar surface area (TPSA) is 58.2 Å². The Morgan fingerprint density at radius 1 is 1.21 bits per heavy atom. The van der Waals surface area contributed by atoms with Crippen molar-refractivity contribution in [2.75, 3.05) is 7.05 Å². The van der Waals surface area contributed by atoms with Gasteiger partial charge in [-0.05, 0) is 12.0 Å². The number of hydrogen-bond donors (Lipinski definition) is 2. The molecule has 0 aliphatic carbocycles. The summed E-state index contributed by atoms with van der Waals surface area (Å²) in [6, 6.07) is 8.55. The highest BCUT2D eigenvalue weighted by atomic mass is 16.2. The van der Waals surface area contributed by atoms with Crippen LogP contribution in [0.5, 0.6) is 0 Å². The van der Waals surface area contributed by atoms with E-state index in [2.05, 4.69) is 10.6 Å². The second-order valence-corrected chi connectivity index (χ2v) is 4.11. The van der Waals surface area contributed by atoms with Crippen LogP contribution in [0.2, 0.25) is 0 Å². The maximum absolute atomic E-state index is 11.8. The summed E-state index contributed by atoms with van der Waals surface area (Å²) in [5, 5.41) is 5.31. The first-order chi connectivity index (χ1) is 9.19. The van der Waals surface area contributed by atoms with E-state index in [9.17, 15) is 9.59 Å². The molecule has 19 heavy (non-hydrogen) atoms. The molecule has 0 aliphatic heterocycles. The molecule has 1 aromatic carbocycles. The van der Waals surface area contributed by atoms with Crippen LogP contribution in [0.4, 0.5) is 0 Å². The third-order valence-corrected chi connectivity index (χ3v) is 2.65. The summed E-state index contributed by atoms with van der Waals surface area (Å²) in [6.45, 7) is 2.01. The van der Waals surface area contributed by atoms with E-state index in [0.29, 0.717) is 0 Å². The Kier molecular flexibility index (Phi) is 6.36. The lowest BCUT2D eigenvalue weighted by Crippen LogP contribution is -2.38. The normalized spacial score (nSPS) is 12.1. The van der Waals surface area contributed by atoms with E-state index >= 15 is 0 Å². The smallest absolute Gasteiger partial charge is 0.246 e. The van der Waals surface area contributed by atoms with Crippen LogP contribution in [0.25, 0.3) is 0 Å².